The summed E-state index contributed by atoms with van der Waals surface area (Å²) in [5, 5.41) is 3.43. The van der Waals surface area contributed by atoms with Crippen LogP contribution in [0.1, 0.15) is 10.4 Å². The van der Waals surface area contributed by atoms with Crippen LogP contribution in [-0.4, -0.2) is 30.1 Å². The van der Waals surface area contributed by atoms with Gasteiger partial charge < -0.3 is 9.47 Å². The van der Waals surface area contributed by atoms with Crippen LogP contribution in [-0.2, 0) is 0 Å². The number of benzene rings is 3. The molecule has 6 nitrogen and oxygen atoms in total. The largest absolute Gasteiger partial charge is 0.493 e. The van der Waals surface area contributed by atoms with E-state index in [1.54, 1.807) is 37.4 Å². The lowest BCUT2D eigenvalue weighted by atomic mass is 10.1. The van der Waals surface area contributed by atoms with Gasteiger partial charge in [-0.25, -0.2) is 9.97 Å². The first kappa shape index (κ1) is 21.3. The van der Waals surface area contributed by atoms with Crippen molar-refractivity contribution in [3.05, 3.63) is 89.4 Å². The van der Waals surface area contributed by atoms with Gasteiger partial charge in [-0.2, -0.15) is 0 Å². The molecule has 0 radical (unpaired) electrons. The van der Waals surface area contributed by atoms with Crippen molar-refractivity contribution < 1.29 is 14.3 Å². The smallest absolute Gasteiger partial charge is 0.258 e. The monoisotopic (exact) mass is 445 g/mol. The molecule has 1 aromatic heterocycles. The van der Waals surface area contributed by atoms with Crippen molar-refractivity contribution in [2.75, 3.05) is 19.5 Å². The Hall–Kier alpha value is -3.90. The van der Waals surface area contributed by atoms with Crippen LogP contribution in [0.2, 0.25) is 5.02 Å². The molecule has 4 rings (SSSR count). The van der Waals surface area contributed by atoms with Gasteiger partial charge in [0.05, 0.1) is 25.6 Å². The topological polar surface area (TPSA) is 73.3 Å². The Morgan fingerprint density at radius 3 is 2.03 bits per heavy atom. The predicted octanol–water partition coefficient (Wildman–Crippen LogP) is 5.73. The minimum Gasteiger partial charge on any atom is -0.493 e. The first-order valence-electron chi connectivity index (χ1n) is 9.81. The summed E-state index contributed by atoms with van der Waals surface area (Å²) in [6, 6.07) is 23.9. The van der Waals surface area contributed by atoms with Gasteiger partial charge in [-0.3, -0.25) is 10.1 Å². The van der Waals surface area contributed by atoms with Crippen molar-refractivity contribution in [3.63, 3.8) is 0 Å². The van der Waals surface area contributed by atoms with E-state index in [1.165, 1.54) is 7.11 Å². The highest BCUT2D eigenvalue weighted by Gasteiger charge is 2.14. The Labute approximate surface area is 190 Å². The van der Waals surface area contributed by atoms with Crippen molar-refractivity contribution in [1.29, 1.82) is 0 Å². The number of amides is 1. The molecule has 4 aromatic rings. The SMILES string of the molecule is COc1ccc(C(=O)Nc2nc(-c3ccccc3)cc(-c3ccc(Cl)cc3)n2)cc1OC. The third kappa shape index (κ3) is 4.71. The van der Waals surface area contributed by atoms with E-state index in [9.17, 15) is 4.79 Å². The van der Waals surface area contributed by atoms with E-state index in [-0.39, 0.29) is 11.9 Å². The van der Waals surface area contributed by atoms with Gasteiger partial charge in [-0.1, -0.05) is 54.1 Å². The van der Waals surface area contributed by atoms with E-state index in [0.29, 0.717) is 33.5 Å². The summed E-state index contributed by atoms with van der Waals surface area (Å²) in [5.41, 5.74) is 3.51. The maximum absolute atomic E-state index is 12.9. The van der Waals surface area contributed by atoms with Crippen LogP contribution >= 0.6 is 11.6 Å². The molecule has 0 spiro atoms. The Kier molecular flexibility index (Phi) is 6.33. The summed E-state index contributed by atoms with van der Waals surface area (Å²) in [4.78, 5) is 22.0. The first-order chi connectivity index (χ1) is 15.6. The number of anilines is 1. The molecule has 0 aliphatic carbocycles. The highest BCUT2D eigenvalue weighted by atomic mass is 35.5. The third-order valence-electron chi connectivity index (χ3n) is 4.81. The molecule has 0 saturated carbocycles. The molecule has 1 N–H and O–H groups in total. The molecule has 3 aromatic carbocycles. The number of nitrogens with one attached hydrogen (secondary N) is 1. The lowest BCUT2D eigenvalue weighted by Crippen LogP contribution is -2.15. The van der Waals surface area contributed by atoms with Gasteiger partial charge in [-0.15, -0.1) is 0 Å². The van der Waals surface area contributed by atoms with Gasteiger partial charge >= 0.3 is 0 Å². The van der Waals surface area contributed by atoms with E-state index in [1.807, 2.05) is 48.5 Å². The number of halogens is 1. The van der Waals surface area contributed by atoms with E-state index >= 15 is 0 Å². The second-order valence-corrected chi connectivity index (χ2v) is 7.30. The van der Waals surface area contributed by atoms with Crippen molar-refractivity contribution >= 4 is 23.5 Å². The average Bonchev–Trinajstić information content (AvgIpc) is 2.84. The van der Waals surface area contributed by atoms with Crippen molar-refractivity contribution in [2.45, 2.75) is 0 Å². The molecular weight excluding hydrogens is 426 g/mol. The van der Waals surface area contributed by atoms with E-state index in [2.05, 4.69) is 15.3 Å². The number of methoxy groups -OCH3 is 2. The number of ether oxygens (including phenoxy) is 2. The molecule has 0 aliphatic rings. The van der Waals surface area contributed by atoms with Gasteiger partial charge in [0.25, 0.3) is 5.91 Å². The highest BCUT2D eigenvalue weighted by Crippen LogP contribution is 2.29. The van der Waals surface area contributed by atoms with Crippen LogP contribution in [0.3, 0.4) is 0 Å². The molecule has 32 heavy (non-hydrogen) atoms. The first-order valence-corrected chi connectivity index (χ1v) is 10.2. The van der Waals surface area contributed by atoms with Crippen LogP contribution in [0.4, 0.5) is 5.95 Å². The highest BCUT2D eigenvalue weighted by molar-refractivity contribution is 6.30. The fourth-order valence-electron chi connectivity index (χ4n) is 3.18. The molecule has 160 valence electrons. The molecule has 1 heterocycles. The number of carbonyl (C=O) groups excluding carboxylic acids is 1. The van der Waals surface area contributed by atoms with E-state index < -0.39 is 0 Å². The molecule has 0 bridgehead atoms. The van der Waals surface area contributed by atoms with Gasteiger partial charge in [0.15, 0.2) is 11.5 Å². The second kappa shape index (κ2) is 9.49. The zero-order valence-electron chi connectivity index (χ0n) is 17.5. The molecule has 0 unspecified atom stereocenters. The maximum atomic E-state index is 12.9. The summed E-state index contributed by atoms with van der Waals surface area (Å²) >= 11 is 6.03. The van der Waals surface area contributed by atoms with E-state index in [4.69, 9.17) is 21.1 Å². The second-order valence-electron chi connectivity index (χ2n) is 6.86. The quantitative estimate of drug-likeness (QED) is 0.410. The van der Waals surface area contributed by atoms with Gasteiger partial charge in [-0.05, 0) is 36.4 Å². The summed E-state index contributed by atoms with van der Waals surface area (Å²) in [5.74, 6) is 0.826. The van der Waals surface area contributed by atoms with Crippen LogP contribution in [0, 0.1) is 0 Å². The fourth-order valence-corrected chi connectivity index (χ4v) is 3.31. The molecule has 0 atom stereocenters. The third-order valence-corrected chi connectivity index (χ3v) is 5.06. The Morgan fingerprint density at radius 1 is 0.781 bits per heavy atom. The molecule has 7 heteroatoms. The molecule has 0 fully saturated rings. The number of hydrogen-bond donors (Lipinski definition) is 1. The van der Waals surface area contributed by atoms with Crippen LogP contribution in [0.25, 0.3) is 22.5 Å². The number of hydrogen-bond acceptors (Lipinski definition) is 5. The molecule has 1 amide bonds. The number of nitrogens with zero attached hydrogens (tertiary/aromatic N) is 2. The number of rotatable bonds is 6. The van der Waals surface area contributed by atoms with E-state index in [0.717, 1.165) is 11.1 Å². The van der Waals surface area contributed by atoms with Gasteiger partial charge in [0, 0.05) is 21.7 Å². The van der Waals surface area contributed by atoms with Gasteiger partial charge in [0.2, 0.25) is 5.95 Å². The Bertz CT molecular complexity index is 1250. The van der Waals surface area contributed by atoms with Crippen molar-refractivity contribution in [3.8, 4) is 34.0 Å². The van der Waals surface area contributed by atoms with Crippen LogP contribution < -0.4 is 14.8 Å². The van der Waals surface area contributed by atoms with Crippen molar-refractivity contribution in [1.82, 2.24) is 9.97 Å². The zero-order valence-corrected chi connectivity index (χ0v) is 18.3. The zero-order chi connectivity index (χ0) is 22.5. The standard InChI is InChI=1S/C25H20ClN3O3/c1-31-22-13-10-18(14-23(22)32-2)24(30)29-25-27-20(16-6-4-3-5-7-16)15-21(28-25)17-8-11-19(26)12-9-17/h3-15H,1-2H3,(H,27,28,29,30). The van der Waals surface area contributed by atoms with Crippen LogP contribution in [0.15, 0.2) is 78.9 Å². The molecule has 0 saturated heterocycles. The molecular formula is C25H20ClN3O3. The summed E-state index contributed by atoms with van der Waals surface area (Å²) in [6.07, 6.45) is 0. The minimum atomic E-state index is -0.363. The Morgan fingerprint density at radius 2 is 1.41 bits per heavy atom. The lowest BCUT2D eigenvalue weighted by molar-refractivity contribution is 0.102. The summed E-state index contributed by atoms with van der Waals surface area (Å²) in [7, 11) is 3.06. The van der Waals surface area contributed by atoms with Crippen molar-refractivity contribution in [2.24, 2.45) is 0 Å². The lowest BCUT2D eigenvalue weighted by Gasteiger charge is -2.11. The molecule has 0 aliphatic heterocycles. The normalized spacial score (nSPS) is 10.5. The Balaban J connectivity index is 1.72. The van der Waals surface area contributed by atoms with Gasteiger partial charge in [0.1, 0.15) is 0 Å². The minimum absolute atomic E-state index is 0.191. The van der Waals surface area contributed by atoms with Crippen LogP contribution in [0.5, 0.6) is 11.5 Å². The average molecular weight is 446 g/mol. The summed E-state index contributed by atoms with van der Waals surface area (Å²) in [6.45, 7) is 0. The predicted molar refractivity (Wildman–Crippen MR) is 125 cm³/mol. The number of carbonyl (C=O) groups is 1. The maximum Gasteiger partial charge on any atom is 0.258 e. The fraction of sp³-hybridized carbons (Fsp3) is 0.0800. The number of aromatic nitrogens is 2. The summed E-state index contributed by atoms with van der Waals surface area (Å²) < 4.78 is 10.5.